The van der Waals surface area contributed by atoms with Crippen molar-refractivity contribution in [3.8, 4) is 0 Å². The number of halogens is 1. The maximum atomic E-state index is 12.3. The predicted octanol–water partition coefficient (Wildman–Crippen LogP) is 2.25. The number of carbonyl (C=O) groups excluding carboxylic acids is 1. The molecule has 22 heavy (non-hydrogen) atoms. The monoisotopic (exact) mass is 368 g/mol. The van der Waals surface area contributed by atoms with Crippen LogP contribution in [0.5, 0.6) is 0 Å². The van der Waals surface area contributed by atoms with Crippen molar-refractivity contribution < 1.29 is 13.7 Å². The SMILES string of the molecule is Cc1noc([C@@H](C)N2CCN(C(=O)c3ccc(Br)o3)CC2)n1. The number of aromatic nitrogens is 2. The summed E-state index contributed by atoms with van der Waals surface area (Å²) in [4.78, 5) is 20.6. The van der Waals surface area contributed by atoms with Gasteiger partial charge in [-0.05, 0) is 41.9 Å². The van der Waals surface area contributed by atoms with Crippen molar-refractivity contribution in [3.05, 3.63) is 34.3 Å². The number of piperazine rings is 1. The molecule has 1 atom stereocenters. The minimum absolute atomic E-state index is 0.0520. The fraction of sp³-hybridized carbons (Fsp3) is 0.500. The van der Waals surface area contributed by atoms with Gasteiger partial charge in [0.25, 0.3) is 5.91 Å². The summed E-state index contributed by atoms with van der Waals surface area (Å²) >= 11 is 3.21. The lowest BCUT2D eigenvalue weighted by Crippen LogP contribution is -2.49. The van der Waals surface area contributed by atoms with Gasteiger partial charge in [-0.15, -0.1) is 0 Å². The van der Waals surface area contributed by atoms with E-state index in [0.29, 0.717) is 35.2 Å². The Hall–Kier alpha value is -1.67. The molecule has 8 heteroatoms. The number of amides is 1. The van der Waals surface area contributed by atoms with Crippen LogP contribution < -0.4 is 0 Å². The summed E-state index contributed by atoms with van der Waals surface area (Å²) in [6, 6.07) is 3.46. The van der Waals surface area contributed by atoms with E-state index in [1.54, 1.807) is 24.0 Å². The predicted molar refractivity (Wildman–Crippen MR) is 81.3 cm³/mol. The van der Waals surface area contributed by atoms with Crippen LogP contribution in [-0.2, 0) is 0 Å². The van der Waals surface area contributed by atoms with Crippen molar-refractivity contribution in [2.24, 2.45) is 0 Å². The van der Waals surface area contributed by atoms with Crippen molar-refractivity contribution >= 4 is 21.8 Å². The summed E-state index contributed by atoms with van der Waals surface area (Å²) in [6.07, 6.45) is 0. The second-order valence-corrected chi connectivity index (χ2v) is 6.07. The zero-order chi connectivity index (χ0) is 15.7. The minimum Gasteiger partial charge on any atom is -0.444 e. The van der Waals surface area contributed by atoms with Gasteiger partial charge < -0.3 is 13.8 Å². The second-order valence-electron chi connectivity index (χ2n) is 5.29. The van der Waals surface area contributed by atoms with E-state index in [1.165, 1.54) is 0 Å². The number of hydrogen-bond acceptors (Lipinski definition) is 6. The summed E-state index contributed by atoms with van der Waals surface area (Å²) < 4.78 is 11.1. The van der Waals surface area contributed by atoms with Crippen LogP contribution in [-0.4, -0.2) is 52.0 Å². The van der Waals surface area contributed by atoms with E-state index in [0.717, 1.165) is 13.1 Å². The van der Waals surface area contributed by atoms with Crippen LogP contribution in [0.25, 0.3) is 0 Å². The van der Waals surface area contributed by atoms with Gasteiger partial charge in [-0.2, -0.15) is 4.98 Å². The summed E-state index contributed by atoms with van der Waals surface area (Å²) in [5.41, 5.74) is 0. The van der Waals surface area contributed by atoms with Gasteiger partial charge in [-0.1, -0.05) is 5.16 Å². The normalized spacial score (nSPS) is 17.7. The molecule has 1 fully saturated rings. The van der Waals surface area contributed by atoms with E-state index in [1.807, 2.05) is 6.92 Å². The van der Waals surface area contributed by atoms with E-state index < -0.39 is 0 Å². The average Bonchev–Trinajstić information content (AvgIpc) is 3.14. The highest BCUT2D eigenvalue weighted by Gasteiger charge is 2.28. The van der Waals surface area contributed by atoms with Gasteiger partial charge >= 0.3 is 0 Å². The first-order chi connectivity index (χ1) is 10.5. The van der Waals surface area contributed by atoms with Crippen LogP contribution in [0.3, 0.4) is 0 Å². The van der Waals surface area contributed by atoms with Crippen molar-refractivity contribution in [1.82, 2.24) is 19.9 Å². The van der Waals surface area contributed by atoms with E-state index >= 15 is 0 Å². The Morgan fingerprint density at radius 1 is 1.32 bits per heavy atom. The maximum Gasteiger partial charge on any atom is 0.289 e. The molecule has 0 radical (unpaired) electrons. The Morgan fingerprint density at radius 3 is 2.59 bits per heavy atom. The van der Waals surface area contributed by atoms with E-state index in [2.05, 4.69) is 31.0 Å². The molecule has 118 valence electrons. The number of carbonyl (C=O) groups is 1. The number of furan rings is 1. The molecule has 1 aliphatic heterocycles. The fourth-order valence-corrected chi connectivity index (χ4v) is 2.84. The van der Waals surface area contributed by atoms with Crippen LogP contribution in [0, 0.1) is 6.92 Å². The molecule has 0 spiro atoms. The van der Waals surface area contributed by atoms with Crippen LogP contribution in [0.1, 0.15) is 35.2 Å². The summed E-state index contributed by atoms with van der Waals surface area (Å²) in [5.74, 6) is 1.54. The minimum atomic E-state index is -0.0772. The molecule has 2 aromatic heterocycles. The quantitative estimate of drug-likeness (QED) is 0.826. The Kier molecular flexibility index (Phi) is 4.30. The van der Waals surface area contributed by atoms with Gasteiger partial charge in [-0.25, -0.2) is 0 Å². The van der Waals surface area contributed by atoms with Crippen molar-refractivity contribution in [1.29, 1.82) is 0 Å². The van der Waals surface area contributed by atoms with Crippen LogP contribution >= 0.6 is 15.9 Å². The molecular formula is C14H17BrN4O3. The number of rotatable bonds is 3. The lowest BCUT2D eigenvalue weighted by molar-refractivity contribution is 0.0523. The Bertz CT molecular complexity index is 661. The number of nitrogens with zero attached hydrogens (tertiary/aromatic N) is 4. The van der Waals surface area contributed by atoms with Gasteiger partial charge in [-0.3, -0.25) is 9.69 Å². The molecule has 3 heterocycles. The first kappa shape index (κ1) is 15.2. The van der Waals surface area contributed by atoms with Crippen LogP contribution in [0.15, 0.2) is 25.7 Å². The van der Waals surface area contributed by atoms with Crippen molar-refractivity contribution in [3.63, 3.8) is 0 Å². The topological polar surface area (TPSA) is 75.6 Å². The number of aryl methyl sites for hydroxylation is 1. The third-order valence-corrected chi connectivity index (χ3v) is 4.26. The molecule has 0 aromatic carbocycles. The van der Waals surface area contributed by atoms with E-state index in [4.69, 9.17) is 8.94 Å². The molecule has 0 saturated carbocycles. The standard InChI is InChI=1S/C14H17BrN4O3/c1-9(13-16-10(2)17-22-13)18-5-7-19(8-6-18)14(20)11-3-4-12(15)21-11/h3-4,9H,5-8H2,1-2H3/t9-/m1/s1. The van der Waals surface area contributed by atoms with E-state index in [9.17, 15) is 4.79 Å². The molecule has 2 aromatic rings. The average molecular weight is 369 g/mol. The third-order valence-electron chi connectivity index (χ3n) is 3.83. The molecule has 1 saturated heterocycles. The molecule has 1 amide bonds. The highest BCUT2D eigenvalue weighted by Crippen LogP contribution is 2.21. The first-order valence-corrected chi connectivity index (χ1v) is 7.93. The van der Waals surface area contributed by atoms with Crippen LogP contribution in [0.4, 0.5) is 0 Å². The van der Waals surface area contributed by atoms with E-state index in [-0.39, 0.29) is 11.9 Å². The highest BCUT2D eigenvalue weighted by atomic mass is 79.9. The first-order valence-electron chi connectivity index (χ1n) is 7.13. The van der Waals surface area contributed by atoms with Gasteiger partial charge in [0.1, 0.15) is 0 Å². The summed E-state index contributed by atoms with van der Waals surface area (Å²) in [6.45, 7) is 6.65. The molecule has 0 N–H and O–H groups in total. The maximum absolute atomic E-state index is 12.3. The van der Waals surface area contributed by atoms with Crippen molar-refractivity contribution in [2.75, 3.05) is 26.2 Å². The fourth-order valence-electron chi connectivity index (χ4n) is 2.54. The van der Waals surface area contributed by atoms with Gasteiger partial charge in [0.2, 0.25) is 5.89 Å². The second kappa shape index (κ2) is 6.21. The molecule has 3 rings (SSSR count). The van der Waals surface area contributed by atoms with Gasteiger partial charge in [0, 0.05) is 26.2 Å². The molecule has 0 unspecified atom stereocenters. The van der Waals surface area contributed by atoms with Gasteiger partial charge in [0.15, 0.2) is 16.3 Å². The Morgan fingerprint density at radius 2 is 2.05 bits per heavy atom. The van der Waals surface area contributed by atoms with Crippen molar-refractivity contribution in [2.45, 2.75) is 19.9 Å². The summed E-state index contributed by atoms with van der Waals surface area (Å²) in [5, 5.41) is 3.82. The number of hydrogen-bond donors (Lipinski definition) is 0. The molecule has 0 bridgehead atoms. The third kappa shape index (κ3) is 3.07. The highest BCUT2D eigenvalue weighted by molar-refractivity contribution is 9.10. The molecule has 7 nitrogen and oxygen atoms in total. The largest absolute Gasteiger partial charge is 0.444 e. The van der Waals surface area contributed by atoms with Gasteiger partial charge in [0.05, 0.1) is 6.04 Å². The summed E-state index contributed by atoms with van der Waals surface area (Å²) in [7, 11) is 0. The molecule has 0 aliphatic carbocycles. The lowest BCUT2D eigenvalue weighted by Gasteiger charge is -2.36. The zero-order valence-electron chi connectivity index (χ0n) is 12.5. The van der Waals surface area contributed by atoms with Crippen LogP contribution in [0.2, 0.25) is 0 Å². The zero-order valence-corrected chi connectivity index (χ0v) is 14.0. The Balaban J connectivity index is 1.59. The lowest BCUT2D eigenvalue weighted by atomic mass is 10.2. The Labute approximate surface area is 136 Å². The molecular weight excluding hydrogens is 352 g/mol. The smallest absolute Gasteiger partial charge is 0.289 e. The molecule has 1 aliphatic rings.